The van der Waals surface area contributed by atoms with E-state index in [0.29, 0.717) is 6.04 Å². The van der Waals surface area contributed by atoms with Crippen LogP contribution in [0.2, 0.25) is 0 Å². The number of benzene rings is 1. The van der Waals surface area contributed by atoms with E-state index >= 15 is 0 Å². The molecule has 4 heteroatoms. The van der Waals surface area contributed by atoms with Crippen molar-refractivity contribution in [3.05, 3.63) is 30.5 Å². The summed E-state index contributed by atoms with van der Waals surface area (Å²) in [7, 11) is 4.07. The van der Waals surface area contributed by atoms with Gasteiger partial charge in [-0.2, -0.15) is 0 Å². The van der Waals surface area contributed by atoms with E-state index in [9.17, 15) is 0 Å². The minimum Gasteiger partial charge on any atom is -0.380 e. The Kier molecular flexibility index (Phi) is 3.74. The molecule has 1 fully saturated rings. The Morgan fingerprint density at radius 2 is 1.85 bits per heavy atom. The third-order valence-electron chi connectivity index (χ3n) is 3.90. The molecule has 1 saturated heterocycles. The molecule has 106 valence electrons. The smallest absolute Gasteiger partial charge is 0.136 e. The van der Waals surface area contributed by atoms with Crippen LogP contribution < -0.4 is 15.5 Å². The van der Waals surface area contributed by atoms with E-state index in [1.54, 1.807) is 0 Å². The molecule has 0 spiro atoms. The summed E-state index contributed by atoms with van der Waals surface area (Å²) in [6.45, 7) is 2.19. The normalized spacial score (nSPS) is 16.3. The highest BCUT2D eigenvalue weighted by Gasteiger charge is 2.15. The Bertz CT molecular complexity index is 588. The average Bonchev–Trinajstić information content (AvgIpc) is 2.48. The topological polar surface area (TPSA) is 40.2 Å². The molecule has 0 aliphatic carbocycles. The number of nitrogens with one attached hydrogen (secondary N) is 2. The largest absolute Gasteiger partial charge is 0.380 e. The maximum atomic E-state index is 4.62. The van der Waals surface area contributed by atoms with Gasteiger partial charge in [-0.15, -0.1) is 0 Å². The van der Waals surface area contributed by atoms with Crippen molar-refractivity contribution in [1.82, 2.24) is 10.3 Å². The highest BCUT2D eigenvalue weighted by molar-refractivity contribution is 6.00. The van der Waals surface area contributed by atoms with Gasteiger partial charge in [-0.3, -0.25) is 0 Å². The van der Waals surface area contributed by atoms with E-state index in [-0.39, 0.29) is 0 Å². The number of aromatic nitrogens is 1. The summed E-state index contributed by atoms with van der Waals surface area (Å²) in [6.07, 6.45) is 4.31. The van der Waals surface area contributed by atoms with Crippen molar-refractivity contribution in [3.63, 3.8) is 0 Å². The number of fused-ring (bicyclic) bond motifs is 1. The molecule has 0 amide bonds. The molecule has 1 aromatic heterocycles. The van der Waals surface area contributed by atoms with Crippen molar-refractivity contribution < 1.29 is 0 Å². The Balaban J connectivity index is 1.97. The van der Waals surface area contributed by atoms with Gasteiger partial charge in [0.1, 0.15) is 5.82 Å². The molecule has 4 nitrogen and oxygen atoms in total. The molecule has 0 radical (unpaired) electrons. The van der Waals surface area contributed by atoms with Crippen molar-refractivity contribution >= 4 is 22.3 Å². The van der Waals surface area contributed by atoms with E-state index in [1.807, 2.05) is 20.3 Å². The Labute approximate surface area is 120 Å². The molecule has 0 bridgehead atoms. The van der Waals surface area contributed by atoms with Crippen LogP contribution in [-0.4, -0.2) is 38.2 Å². The van der Waals surface area contributed by atoms with Gasteiger partial charge in [0.15, 0.2) is 0 Å². The minimum absolute atomic E-state index is 0.548. The SMILES string of the molecule is CN(C)c1ncc(NC2CCNCC2)c2ccccc12. The molecule has 0 saturated carbocycles. The monoisotopic (exact) mass is 270 g/mol. The van der Waals surface area contributed by atoms with Gasteiger partial charge in [-0.05, 0) is 25.9 Å². The molecule has 3 rings (SSSR count). The van der Waals surface area contributed by atoms with Crippen molar-refractivity contribution in [2.24, 2.45) is 0 Å². The Morgan fingerprint density at radius 1 is 1.15 bits per heavy atom. The van der Waals surface area contributed by atoms with Gasteiger partial charge < -0.3 is 15.5 Å². The fourth-order valence-electron chi connectivity index (χ4n) is 2.84. The first-order chi connectivity index (χ1) is 9.75. The lowest BCUT2D eigenvalue weighted by atomic mass is 10.1. The van der Waals surface area contributed by atoms with Gasteiger partial charge in [0.25, 0.3) is 0 Å². The van der Waals surface area contributed by atoms with Gasteiger partial charge in [0.05, 0.1) is 11.9 Å². The van der Waals surface area contributed by atoms with E-state index in [4.69, 9.17) is 0 Å². The van der Waals surface area contributed by atoms with Gasteiger partial charge >= 0.3 is 0 Å². The quantitative estimate of drug-likeness (QED) is 0.899. The first-order valence-corrected chi connectivity index (χ1v) is 7.28. The summed E-state index contributed by atoms with van der Waals surface area (Å²) >= 11 is 0. The van der Waals surface area contributed by atoms with E-state index in [1.165, 1.54) is 23.6 Å². The highest BCUT2D eigenvalue weighted by Crippen LogP contribution is 2.30. The first kappa shape index (κ1) is 13.2. The van der Waals surface area contributed by atoms with Crippen molar-refractivity contribution in [1.29, 1.82) is 0 Å². The lowest BCUT2D eigenvalue weighted by Gasteiger charge is -2.26. The van der Waals surface area contributed by atoms with Crippen LogP contribution in [0, 0.1) is 0 Å². The standard InChI is InChI=1S/C16H22N4/c1-20(2)16-14-6-4-3-5-13(14)15(11-18-16)19-12-7-9-17-10-8-12/h3-6,11-12,17,19H,7-10H2,1-2H3. The summed E-state index contributed by atoms with van der Waals surface area (Å²) < 4.78 is 0. The summed E-state index contributed by atoms with van der Waals surface area (Å²) in [4.78, 5) is 6.69. The van der Waals surface area contributed by atoms with Crippen LogP contribution in [0.15, 0.2) is 30.5 Å². The number of anilines is 2. The Morgan fingerprint density at radius 3 is 2.55 bits per heavy atom. The van der Waals surface area contributed by atoms with Crippen LogP contribution in [-0.2, 0) is 0 Å². The fourth-order valence-corrected chi connectivity index (χ4v) is 2.84. The number of hydrogen-bond donors (Lipinski definition) is 2. The zero-order chi connectivity index (χ0) is 13.9. The maximum Gasteiger partial charge on any atom is 0.136 e. The van der Waals surface area contributed by atoms with Gasteiger partial charge in [-0.1, -0.05) is 24.3 Å². The minimum atomic E-state index is 0.548. The zero-order valence-electron chi connectivity index (χ0n) is 12.2. The lowest BCUT2D eigenvalue weighted by molar-refractivity contribution is 0.479. The molecule has 0 atom stereocenters. The molecular weight excluding hydrogens is 248 g/mol. The molecule has 1 aromatic carbocycles. The second-order valence-electron chi connectivity index (χ2n) is 5.60. The van der Waals surface area contributed by atoms with E-state index < -0.39 is 0 Å². The molecule has 1 aliphatic heterocycles. The molecular formula is C16H22N4. The van der Waals surface area contributed by atoms with Crippen molar-refractivity contribution in [3.8, 4) is 0 Å². The molecule has 0 unspecified atom stereocenters. The van der Waals surface area contributed by atoms with Crippen LogP contribution in [0.1, 0.15) is 12.8 Å². The number of hydrogen-bond acceptors (Lipinski definition) is 4. The van der Waals surface area contributed by atoms with Crippen LogP contribution >= 0.6 is 0 Å². The number of rotatable bonds is 3. The van der Waals surface area contributed by atoms with Gasteiger partial charge in [-0.25, -0.2) is 4.98 Å². The maximum absolute atomic E-state index is 4.62. The number of pyridine rings is 1. The predicted octanol–water partition coefficient (Wildman–Crippen LogP) is 2.46. The van der Waals surface area contributed by atoms with Crippen LogP contribution in [0.25, 0.3) is 10.8 Å². The zero-order valence-corrected chi connectivity index (χ0v) is 12.2. The van der Waals surface area contributed by atoms with Gasteiger partial charge in [0.2, 0.25) is 0 Å². The van der Waals surface area contributed by atoms with Crippen LogP contribution in [0.4, 0.5) is 11.5 Å². The van der Waals surface area contributed by atoms with Crippen molar-refractivity contribution in [2.75, 3.05) is 37.4 Å². The first-order valence-electron chi connectivity index (χ1n) is 7.28. The average molecular weight is 270 g/mol. The van der Waals surface area contributed by atoms with E-state index in [0.717, 1.165) is 24.6 Å². The van der Waals surface area contributed by atoms with Crippen LogP contribution in [0.3, 0.4) is 0 Å². The Hall–Kier alpha value is -1.81. The summed E-state index contributed by atoms with van der Waals surface area (Å²) in [6, 6.07) is 9.03. The van der Waals surface area contributed by atoms with Crippen molar-refractivity contribution in [2.45, 2.75) is 18.9 Å². The summed E-state index contributed by atoms with van der Waals surface area (Å²) in [5.74, 6) is 1.02. The lowest BCUT2D eigenvalue weighted by Crippen LogP contribution is -2.35. The third-order valence-corrected chi connectivity index (χ3v) is 3.90. The molecule has 2 aromatic rings. The van der Waals surface area contributed by atoms with Crippen LogP contribution in [0.5, 0.6) is 0 Å². The highest BCUT2D eigenvalue weighted by atomic mass is 15.1. The number of piperidine rings is 1. The third kappa shape index (κ3) is 2.56. The predicted molar refractivity (Wildman–Crippen MR) is 85.6 cm³/mol. The molecule has 2 heterocycles. The fraction of sp³-hybridized carbons (Fsp3) is 0.438. The summed E-state index contributed by atoms with van der Waals surface area (Å²) in [5.41, 5.74) is 1.15. The summed E-state index contributed by atoms with van der Waals surface area (Å²) in [5, 5.41) is 9.53. The molecule has 20 heavy (non-hydrogen) atoms. The molecule has 1 aliphatic rings. The van der Waals surface area contributed by atoms with Gasteiger partial charge in [0, 0.05) is 30.9 Å². The van der Waals surface area contributed by atoms with E-state index in [2.05, 4.69) is 44.8 Å². The second kappa shape index (κ2) is 5.67. The second-order valence-corrected chi connectivity index (χ2v) is 5.60. The molecule has 2 N–H and O–H groups in total. The number of nitrogens with zero attached hydrogens (tertiary/aromatic N) is 2.